The van der Waals surface area contributed by atoms with Crippen LogP contribution in [0.25, 0.3) is 0 Å². The Morgan fingerprint density at radius 3 is 2.91 bits per heavy atom. The average Bonchev–Trinajstić information content (AvgIpc) is 2.89. The lowest BCUT2D eigenvalue weighted by molar-refractivity contribution is 0.605. The van der Waals surface area contributed by atoms with Crippen molar-refractivity contribution in [2.24, 2.45) is 4.99 Å². The Balaban J connectivity index is 1.84. The fourth-order valence-corrected chi connectivity index (χ4v) is 3.72. The van der Waals surface area contributed by atoms with Crippen LogP contribution in [0.5, 0.6) is 0 Å². The number of para-hydroxylation sites is 1. The molecule has 1 aromatic heterocycles. The van der Waals surface area contributed by atoms with E-state index in [1.54, 1.807) is 29.0 Å². The lowest BCUT2D eigenvalue weighted by atomic mass is 9.97. The number of rotatable bonds is 4. The van der Waals surface area contributed by atoms with Crippen LogP contribution in [0.2, 0.25) is 0 Å². The van der Waals surface area contributed by atoms with Crippen LogP contribution in [0.3, 0.4) is 0 Å². The molecule has 2 aromatic rings. The number of allylic oxidation sites excluding steroid dienone is 2. The first kappa shape index (κ1) is 15.2. The molecule has 116 valence electrons. The van der Waals surface area contributed by atoms with Gasteiger partial charge in [-0.1, -0.05) is 23.8 Å². The maximum absolute atomic E-state index is 13.8. The summed E-state index contributed by atoms with van der Waals surface area (Å²) in [7, 11) is 0. The average molecular weight is 316 g/mol. The van der Waals surface area contributed by atoms with Gasteiger partial charge in [0.1, 0.15) is 11.5 Å². The molecule has 3 rings (SSSR count). The van der Waals surface area contributed by atoms with Crippen molar-refractivity contribution >= 4 is 17.0 Å². The van der Waals surface area contributed by atoms with E-state index >= 15 is 0 Å². The monoisotopic (exact) mass is 316 g/mol. The fourth-order valence-electron chi connectivity index (χ4n) is 2.81. The summed E-state index contributed by atoms with van der Waals surface area (Å²) in [4.78, 5) is 5.39. The van der Waals surface area contributed by atoms with E-state index in [0.717, 1.165) is 17.8 Å². The van der Waals surface area contributed by atoms with Gasteiger partial charge in [0.05, 0.1) is 0 Å². The summed E-state index contributed by atoms with van der Waals surface area (Å²) in [5.41, 5.74) is 3.16. The highest BCUT2D eigenvalue weighted by Crippen LogP contribution is 2.21. The predicted octanol–water partition coefficient (Wildman–Crippen LogP) is 5.12. The summed E-state index contributed by atoms with van der Waals surface area (Å²) in [6, 6.07) is 6.69. The van der Waals surface area contributed by atoms with E-state index in [1.807, 2.05) is 6.07 Å². The summed E-state index contributed by atoms with van der Waals surface area (Å²) in [5.74, 6) is -0.268. The molecule has 0 bridgehead atoms. The smallest absolute Gasteiger partial charge is 0.190 e. The summed E-state index contributed by atoms with van der Waals surface area (Å²) >= 11 is 1.58. The Morgan fingerprint density at radius 1 is 1.27 bits per heavy atom. The van der Waals surface area contributed by atoms with Crippen LogP contribution < -0.4 is 4.80 Å². The Labute approximate surface area is 134 Å². The second-order valence-corrected chi connectivity index (χ2v) is 6.57. The lowest BCUT2D eigenvalue weighted by Gasteiger charge is -2.13. The maximum atomic E-state index is 13.8. The van der Waals surface area contributed by atoms with Crippen molar-refractivity contribution in [3.63, 3.8) is 0 Å². The van der Waals surface area contributed by atoms with Gasteiger partial charge in [-0.15, -0.1) is 11.3 Å². The van der Waals surface area contributed by atoms with Gasteiger partial charge in [0.2, 0.25) is 0 Å². The molecular weight excluding hydrogens is 295 g/mol. The Kier molecular flexibility index (Phi) is 4.88. The zero-order valence-corrected chi connectivity index (χ0v) is 13.7. The molecule has 0 aliphatic heterocycles. The van der Waals surface area contributed by atoms with Crippen LogP contribution in [-0.4, -0.2) is 4.57 Å². The van der Waals surface area contributed by atoms with Gasteiger partial charge in [0.25, 0.3) is 0 Å². The quantitative estimate of drug-likeness (QED) is 0.697. The first-order valence-corrected chi connectivity index (χ1v) is 8.74. The molecule has 1 aliphatic rings. The minimum absolute atomic E-state index is 0.268. The van der Waals surface area contributed by atoms with Crippen LogP contribution in [-0.2, 0) is 6.54 Å². The van der Waals surface area contributed by atoms with Gasteiger partial charge in [0, 0.05) is 17.6 Å². The number of halogens is 1. The Bertz CT molecular complexity index is 740. The number of hydrogen-bond donors (Lipinski definition) is 0. The summed E-state index contributed by atoms with van der Waals surface area (Å²) < 4.78 is 16.0. The fraction of sp³-hybridized carbons (Fsp3) is 0.389. The zero-order valence-electron chi connectivity index (χ0n) is 12.9. The number of thiazole rings is 1. The van der Waals surface area contributed by atoms with Crippen molar-refractivity contribution in [3.05, 3.63) is 57.6 Å². The van der Waals surface area contributed by atoms with Crippen molar-refractivity contribution in [2.75, 3.05) is 0 Å². The number of aryl methyl sites for hydroxylation is 1. The normalized spacial score (nSPS) is 15.9. The highest BCUT2D eigenvalue weighted by atomic mass is 32.1. The molecule has 22 heavy (non-hydrogen) atoms. The van der Waals surface area contributed by atoms with Gasteiger partial charge in [-0.3, -0.25) is 0 Å². The number of nitrogens with zero attached hydrogens (tertiary/aromatic N) is 2. The molecule has 0 fully saturated rings. The molecule has 4 heteroatoms. The largest absolute Gasteiger partial charge is 0.321 e. The number of hydrogen-bond acceptors (Lipinski definition) is 2. The first-order valence-electron chi connectivity index (χ1n) is 7.86. The van der Waals surface area contributed by atoms with Crippen LogP contribution >= 0.6 is 11.3 Å². The number of benzene rings is 1. The molecule has 0 saturated heterocycles. The lowest BCUT2D eigenvalue weighted by Crippen LogP contribution is -2.17. The zero-order chi connectivity index (χ0) is 15.4. The van der Waals surface area contributed by atoms with Gasteiger partial charge >= 0.3 is 0 Å². The Morgan fingerprint density at radius 2 is 2.14 bits per heavy atom. The van der Waals surface area contributed by atoms with Crippen molar-refractivity contribution < 1.29 is 4.39 Å². The van der Waals surface area contributed by atoms with Gasteiger partial charge in [0.15, 0.2) is 4.80 Å². The van der Waals surface area contributed by atoms with E-state index in [0.29, 0.717) is 5.69 Å². The SMILES string of the molecule is Cc1csc(=Nc2ccccc2F)n1CCC1=CCCCC1. The van der Waals surface area contributed by atoms with Crippen LogP contribution in [0.4, 0.5) is 10.1 Å². The van der Waals surface area contributed by atoms with Gasteiger partial charge in [-0.25, -0.2) is 9.38 Å². The van der Waals surface area contributed by atoms with Gasteiger partial charge in [-0.05, 0) is 51.2 Å². The summed E-state index contributed by atoms with van der Waals surface area (Å²) in [6.07, 6.45) is 8.54. The van der Waals surface area contributed by atoms with Gasteiger partial charge in [-0.2, -0.15) is 0 Å². The second-order valence-electron chi connectivity index (χ2n) is 5.73. The van der Waals surface area contributed by atoms with E-state index in [2.05, 4.69) is 27.9 Å². The molecule has 0 N–H and O–H groups in total. The molecular formula is C18H21FN2S. The van der Waals surface area contributed by atoms with E-state index in [9.17, 15) is 4.39 Å². The van der Waals surface area contributed by atoms with Crippen molar-refractivity contribution in [2.45, 2.75) is 45.6 Å². The van der Waals surface area contributed by atoms with Crippen LogP contribution in [0, 0.1) is 12.7 Å². The standard InChI is InChI=1S/C18H21FN2S/c1-14-13-22-18(20-17-10-6-5-9-16(17)19)21(14)12-11-15-7-3-2-4-8-15/h5-7,9-10,13H,2-4,8,11-12H2,1H3. The molecule has 2 nitrogen and oxygen atoms in total. The molecule has 0 atom stereocenters. The molecule has 0 amide bonds. The minimum atomic E-state index is -0.268. The second kappa shape index (κ2) is 7.05. The third kappa shape index (κ3) is 3.55. The van der Waals surface area contributed by atoms with Crippen LogP contribution in [0.1, 0.15) is 37.8 Å². The van der Waals surface area contributed by atoms with Gasteiger partial charge < -0.3 is 4.57 Å². The van der Waals surface area contributed by atoms with Crippen molar-refractivity contribution in [1.29, 1.82) is 0 Å². The van der Waals surface area contributed by atoms with Crippen LogP contribution in [0.15, 0.2) is 46.3 Å². The molecule has 1 heterocycles. The van der Waals surface area contributed by atoms with E-state index in [-0.39, 0.29) is 5.82 Å². The highest BCUT2D eigenvalue weighted by Gasteiger charge is 2.07. The summed E-state index contributed by atoms with van der Waals surface area (Å²) in [5, 5.41) is 2.09. The predicted molar refractivity (Wildman–Crippen MR) is 89.8 cm³/mol. The third-order valence-electron chi connectivity index (χ3n) is 4.10. The third-order valence-corrected chi connectivity index (χ3v) is 5.08. The molecule has 1 aromatic carbocycles. The minimum Gasteiger partial charge on any atom is -0.321 e. The van der Waals surface area contributed by atoms with Crippen molar-refractivity contribution in [1.82, 2.24) is 4.57 Å². The number of aromatic nitrogens is 1. The topological polar surface area (TPSA) is 17.3 Å². The Hall–Kier alpha value is -1.68. The molecule has 1 aliphatic carbocycles. The molecule has 0 unspecified atom stereocenters. The van der Waals surface area contributed by atoms with E-state index in [4.69, 9.17) is 0 Å². The first-order chi connectivity index (χ1) is 10.7. The van der Waals surface area contributed by atoms with Crippen molar-refractivity contribution in [3.8, 4) is 0 Å². The molecule has 0 radical (unpaired) electrons. The summed E-state index contributed by atoms with van der Waals surface area (Å²) in [6.45, 7) is 3.01. The van der Waals surface area contributed by atoms with E-state index in [1.165, 1.54) is 37.4 Å². The maximum Gasteiger partial charge on any atom is 0.190 e. The van der Waals surface area contributed by atoms with E-state index < -0.39 is 0 Å². The molecule has 0 spiro atoms. The molecule has 0 saturated carbocycles. The highest BCUT2D eigenvalue weighted by molar-refractivity contribution is 7.07.